The number of hydrogen-bond donors (Lipinski definition) is 1. The quantitative estimate of drug-likeness (QED) is 0.784. The largest absolute Gasteiger partial charge is 0.379 e. The number of morpholine rings is 1. The lowest BCUT2D eigenvalue weighted by molar-refractivity contribution is -0.138. The van der Waals surface area contributed by atoms with Gasteiger partial charge in [-0.2, -0.15) is 0 Å². The van der Waals surface area contributed by atoms with E-state index in [1.54, 1.807) is 0 Å². The highest BCUT2D eigenvalue weighted by Crippen LogP contribution is 2.18. The molecule has 4 rings (SSSR count). The van der Waals surface area contributed by atoms with Crippen LogP contribution in [0.25, 0.3) is 5.65 Å². The van der Waals surface area contributed by atoms with Gasteiger partial charge in [-0.15, -0.1) is 0 Å². The Hall–Kier alpha value is -2.45. The second-order valence-electron chi connectivity index (χ2n) is 7.45. The van der Waals surface area contributed by atoms with E-state index in [2.05, 4.69) is 15.2 Å². The van der Waals surface area contributed by atoms with Gasteiger partial charge >= 0.3 is 0 Å². The summed E-state index contributed by atoms with van der Waals surface area (Å²) in [5.41, 5.74) is 1.69. The SMILES string of the molecule is O=C(NCc1cn2ccccc2n1)C1CCC(=O)N(CCN2CCOCC2)C1. The molecule has 0 bridgehead atoms. The van der Waals surface area contributed by atoms with Crippen molar-refractivity contribution in [1.82, 2.24) is 24.5 Å². The first-order valence-corrected chi connectivity index (χ1v) is 9.97. The van der Waals surface area contributed by atoms with Crippen LogP contribution in [-0.2, 0) is 20.9 Å². The molecule has 28 heavy (non-hydrogen) atoms. The monoisotopic (exact) mass is 385 g/mol. The number of likely N-dealkylation sites (tertiary alicyclic amines) is 1. The number of amides is 2. The zero-order valence-corrected chi connectivity index (χ0v) is 16.0. The van der Waals surface area contributed by atoms with Crippen molar-refractivity contribution in [2.24, 2.45) is 5.92 Å². The average molecular weight is 385 g/mol. The van der Waals surface area contributed by atoms with Crippen LogP contribution in [0.2, 0.25) is 0 Å². The predicted octanol–water partition coefficient (Wildman–Crippen LogP) is 0.521. The number of ether oxygens (including phenoxy) is 1. The Morgan fingerprint density at radius 3 is 2.93 bits per heavy atom. The van der Waals surface area contributed by atoms with Gasteiger partial charge in [-0.3, -0.25) is 14.5 Å². The maximum Gasteiger partial charge on any atom is 0.225 e. The van der Waals surface area contributed by atoms with E-state index >= 15 is 0 Å². The minimum absolute atomic E-state index is 0.000860. The molecule has 1 unspecified atom stereocenters. The Labute approximate surface area is 164 Å². The summed E-state index contributed by atoms with van der Waals surface area (Å²) in [4.78, 5) is 33.5. The van der Waals surface area contributed by atoms with E-state index in [1.807, 2.05) is 39.9 Å². The summed E-state index contributed by atoms with van der Waals surface area (Å²) in [5.74, 6) is -0.00184. The molecule has 0 spiro atoms. The summed E-state index contributed by atoms with van der Waals surface area (Å²) in [6.07, 6.45) is 4.92. The molecule has 0 aliphatic carbocycles. The molecule has 1 N–H and O–H groups in total. The van der Waals surface area contributed by atoms with E-state index in [0.29, 0.717) is 32.5 Å². The number of carbonyl (C=O) groups is 2. The van der Waals surface area contributed by atoms with E-state index in [4.69, 9.17) is 4.74 Å². The van der Waals surface area contributed by atoms with Crippen molar-refractivity contribution in [2.45, 2.75) is 19.4 Å². The highest BCUT2D eigenvalue weighted by atomic mass is 16.5. The van der Waals surface area contributed by atoms with Crippen molar-refractivity contribution in [1.29, 1.82) is 0 Å². The van der Waals surface area contributed by atoms with Crippen LogP contribution in [0.4, 0.5) is 0 Å². The molecule has 8 heteroatoms. The molecule has 2 fully saturated rings. The van der Waals surface area contributed by atoms with E-state index in [1.165, 1.54) is 0 Å². The third-order valence-electron chi connectivity index (χ3n) is 5.52. The highest BCUT2D eigenvalue weighted by Gasteiger charge is 2.30. The van der Waals surface area contributed by atoms with Crippen molar-refractivity contribution in [3.63, 3.8) is 0 Å². The third kappa shape index (κ3) is 4.51. The molecule has 0 radical (unpaired) electrons. The van der Waals surface area contributed by atoms with Gasteiger partial charge in [0.25, 0.3) is 0 Å². The molecule has 0 aromatic carbocycles. The van der Waals surface area contributed by atoms with E-state index in [-0.39, 0.29) is 17.7 Å². The van der Waals surface area contributed by atoms with Gasteiger partial charge in [0, 0.05) is 51.5 Å². The zero-order valence-electron chi connectivity index (χ0n) is 16.0. The number of carbonyl (C=O) groups excluding carboxylic acids is 2. The normalized spacial score (nSPS) is 21.2. The minimum Gasteiger partial charge on any atom is -0.379 e. The molecule has 2 aliphatic rings. The van der Waals surface area contributed by atoms with Crippen molar-refractivity contribution in [3.05, 3.63) is 36.3 Å². The van der Waals surface area contributed by atoms with E-state index in [0.717, 1.165) is 44.2 Å². The first-order valence-electron chi connectivity index (χ1n) is 9.97. The standard InChI is InChI=1S/C20H27N5O3/c26-19-5-4-16(14-25(19)8-7-23-9-11-28-12-10-23)20(27)21-13-17-15-24-6-2-1-3-18(24)22-17/h1-3,6,15-16H,4-5,7-14H2,(H,21,27). The summed E-state index contributed by atoms with van der Waals surface area (Å²) < 4.78 is 7.30. The van der Waals surface area contributed by atoms with Crippen LogP contribution in [0.5, 0.6) is 0 Å². The smallest absolute Gasteiger partial charge is 0.225 e. The Morgan fingerprint density at radius 1 is 1.25 bits per heavy atom. The third-order valence-corrected chi connectivity index (χ3v) is 5.52. The number of fused-ring (bicyclic) bond motifs is 1. The summed E-state index contributed by atoms with van der Waals surface area (Å²) >= 11 is 0. The number of piperidine rings is 1. The first kappa shape index (κ1) is 18.9. The van der Waals surface area contributed by atoms with Crippen LogP contribution in [0.15, 0.2) is 30.6 Å². The van der Waals surface area contributed by atoms with Gasteiger partial charge in [-0.1, -0.05) is 6.07 Å². The first-order chi connectivity index (χ1) is 13.7. The van der Waals surface area contributed by atoms with Crippen LogP contribution >= 0.6 is 0 Å². The zero-order chi connectivity index (χ0) is 19.3. The van der Waals surface area contributed by atoms with Gasteiger partial charge in [-0.05, 0) is 18.6 Å². The molecule has 2 aromatic heterocycles. The fourth-order valence-electron chi connectivity index (χ4n) is 3.83. The molecular formula is C20H27N5O3. The lowest BCUT2D eigenvalue weighted by Gasteiger charge is -2.34. The number of rotatable bonds is 6. The Balaban J connectivity index is 1.27. The summed E-state index contributed by atoms with van der Waals surface area (Å²) in [5, 5.41) is 2.99. The Morgan fingerprint density at radius 2 is 2.11 bits per heavy atom. The molecule has 2 aromatic rings. The molecule has 4 heterocycles. The predicted molar refractivity (Wildman–Crippen MR) is 104 cm³/mol. The maximum atomic E-state index is 12.6. The lowest BCUT2D eigenvalue weighted by Crippen LogP contribution is -2.49. The van der Waals surface area contributed by atoms with Crippen molar-refractivity contribution < 1.29 is 14.3 Å². The molecule has 2 aliphatic heterocycles. The molecule has 2 saturated heterocycles. The number of pyridine rings is 1. The molecular weight excluding hydrogens is 358 g/mol. The van der Waals surface area contributed by atoms with E-state index in [9.17, 15) is 9.59 Å². The number of aromatic nitrogens is 2. The molecule has 2 amide bonds. The van der Waals surface area contributed by atoms with Gasteiger partial charge < -0.3 is 19.4 Å². The molecule has 150 valence electrons. The second-order valence-corrected chi connectivity index (χ2v) is 7.45. The maximum absolute atomic E-state index is 12.6. The number of nitrogens with zero attached hydrogens (tertiary/aromatic N) is 4. The van der Waals surface area contributed by atoms with Gasteiger partial charge in [-0.25, -0.2) is 4.98 Å². The molecule has 8 nitrogen and oxygen atoms in total. The van der Waals surface area contributed by atoms with Gasteiger partial charge in [0.05, 0.1) is 31.4 Å². The number of nitrogens with one attached hydrogen (secondary N) is 1. The van der Waals surface area contributed by atoms with Crippen LogP contribution in [0.3, 0.4) is 0 Å². The number of hydrogen-bond acceptors (Lipinski definition) is 5. The van der Waals surface area contributed by atoms with Gasteiger partial charge in [0.2, 0.25) is 11.8 Å². The van der Waals surface area contributed by atoms with Crippen LogP contribution in [-0.4, -0.2) is 76.9 Å². The van der Waals surface area contributed by atoms with Gasteiger partial charge in [0.1, 0.15) is 5.65 Å². The topological polar surface area (TPSA) is 79.2 Å². The minimum atomic E-state index is -0.153. The average Bonchev–Trinajstić information content (AvgIpc) is 3.15. The molecule has 1 atom stereocenters. The lowest BCUT2D eigenvalue weighted by atomic mass is 9.96. The fraction of sp³-hybridized carbons (Fsp3) is 0.550. The van der Waals surface area contributed by atoms with Gasteiger partial charge in [0.15, 0.2) is 0 Å². The second kappa shape index (κ2) is 8.70. The van der Waals surface area contributed by atoms with Crippen LogP contribution in [0, 0.1) is 5.92 Å². The van der Waals surface area contributed by atoms with Crippen molar-refractivity contribution in [2.75, 3.05) is 45.9 Å². The van der Waals surface area contributed by atoms with Crippen molar-refractivity contribution in [3.8, 4) is 0 Å². The summed E-state index contributed by atoms with van der Waals surface area (Å²) in [6, 6.07) is 5.82. The summed E-state index contributed by atoms with van der Waals surface area (Å²) in [7, 11) is 0. The van der Waals surface area contributed by atoms with Crippen LogP contribution in [0.1, 0.15) is 18.5 Å². The summed E-state index contributed by atoms with van der Waals surface area (Å²) in [6.45, 7) is 5.73. The Bertz CT molecular complexity index is 797. The Kier molecular flexibility index (Phi) is 5.87. The van der Waals surface area contributed by atoms with E-state index < -0.39 is 0 Å². The fourth-order valence-corrected chi connectivity index (χ4v) is 3.83. The van der Waals surface area contributed by atoms with Crippen LogP contribution < -0.4 is 5.32 Å². The molecule has 0 saturated carbocycles. The van der Waals surface area contributed by atoms with Crippen molar-refractivity contribution >= 4 is 17.5 Å². The number of imidazole rings is 1. The highest BCUT2D eigenvalue weighted by molar-refractivity contribution is 5.83.